The van der Waals surface area contributed by atoms with Crippen molar-refractivity contribution in [1.29, 1.82) is 0 Å². The van der Waals surface area contributed by atoms with Crippen LogP contribution in [0.2, 0.25) is 5.02 Å². The van der Waals surface area contributed by atoms with Crippen molar-refractivity contribution in [2.75, 3.05) is 26.2 Å². The van der Waals surface area contributed by atoms with Gasteiger partial charge in [-0.1, -0.05) is 24.6 Å². The lowest BCUT2D eigenvalue weighted by molar-refractivity contribution is 0.0118. The molecule has 0 spiro atoms. The first-order valence-electron chi connectivity index (χ1n) is 13.0. The Morgan fingerprint density at radius 3 is 2.63 bits per heavy atom. The second-order valence-electron chi connectivity index (χ2n) is 10.8. The van der Waals surface area contributed by atoms with Gasteiger partial charge < -0.3 is 14.2 Å². The van der Waals surface area contributed by atoms with E-state index in [4.69, 9.17) is 21.3 Å². The molecule has 1 aliphatic carbocycles. The molecule has 200 valence electrons. The fraction of sp³-hybridized carbons (Fsp3) is 0.414. The van der Waals surface area contributed by atoms with Crippen LogP contribution in [0.15, 0.2) is 47.3 Å². The lowest BCUT2D eigenvalue weighted by atomic mass is 9.95. The van der Waals surface area contributed by atoms with E-state index in [1.54, 1.807) is 4.90 Å². The van der Waals surface area contributed by atoms with Crippen LogP contribution in [0, 0.1) is 0 Å². The van der Waals surface area contributed by atoms with E-state index >= 15 is 0 Å². The lowest BCUT2D eigenvalue weighted by Gasteiger charge is -2.40. The van der Waals surface area contributed by atoms with Crippen LogP contribution >= 0.6 is 27.5 Å². The van der Waals surface area contributed by atoms with Gasteiger partial charge in [0.15, 0.2) is 0 Å². The van der Waals surface area contributed by atoms with E-state index in [1.807, 2.05) is 51.5 Å². The first-order valence-corrected chi connectivity index (χ1v) is 14.2. The molecule has 7 nitrogen and oxygen atoms in total. The molecule has 0 bridgehead atoms. The van der Waals surface area contributed by atoms with E-state index in [0.29, 0.717) is 37.7 Å². The van der Waals surface area contributed by atoms with Crippen LogP contribution in [0.25, 0.3) is 11.6 Å². The summed E-state index contributed by atoms with van der Waals surface area (Å²) < 4.78 is 8.75. The number of carbonyl (C=O) groups excluding carboxylic acids is 1. The molecular weight excluding hydrogens is 566 g/mol. The molecule has 1 aromatic carbocycles. The van der Waals surface area contributed by atoms with E-state index in [-0.39, 0.29) is 12.1 Å². The van der Waals surface area contributed by atoms with Crippen molar-refractivity contribution in [3.63, 3.8) is 0 Å². The third-order valence-electron chi connectivity index (χ3n) is 6.95. The van der Waals surface area contributed by atoms with Gasteiger partial charge in [0.25, 0.3) is 0 Å². The van der Waals surface area contributed by atoms with Crippen LogP contribution in [0.1, 0.15) is 61.9 Å². The van der Waals surface area contributed by atoms with Crippen molar-refractivity contribution in [3.8, 4) is 0 Å². The van der Waals surface area contributed by atoms with Crippen molar-refractivity contribution < 1.29 is 9.53 Å². The Bertz CT molecular complexity index is 1370. The molecule has 1 unspecified atom stereocenters. The number of rotatable bonds is 4. The zero-order valence-corrected chi connectivity index (χ0v) is 24.6. The van der Waals surface area contributed by atoms with E-state index in [2.05, 4.69) is 55.5 Å². The fourth-order valence-corrected chi connectivity index (χ4v) is 5.74. The smallest absolute Gasteiger partial charge is 0.410 e. The van der Waals surface area contributed by atoms with Crippen molar-refractivity contribution >= 4 is 45.3 Å². The fourth-order valence-electron chi connectivity index (χ4n) is 5.23. The number of pyridine rings is 1. The summed E-state index contributed by atoms with van der Waals surface area (Å²) in [6, 6.07) is 8.19. The summed E-state index contributed by atoms with van der Waals surface area (Å²) >= 11 is 10.2. The molecule has 2 aliphatic rings. The molecule has 1 aliphatic heterocycles. The maximum absolute atomic E-state index is 12.7. The van der Waals surface area contributed by atoms with Gasteiger partial charge >= 0.3 is 6.09 Å². The normalized spacial score (nSPS) is 17.9. The van der Waals surface area contributed by atoms with Crippen LogP contribution in [0.5, 0.6) is 0 Å². The molecule has 0 radical (unpaired) electrons. The summed E-state index contributed by atoms with van der Waals surface area (Å²) in [5.41, 5.74) is 4.98. The quantitative estimate of drug-likeness (QED) is 0.345. The van der Waals surface area contributed by atoms with Crippen LogP contribution in [-0.2, 0) is 17.7 Å². The molecule has 0 saturated carbocycles. The van der Waals surface area contributed by atoms with Gasteiger partial charge in [0.1, 0.15) is 11.4 Å². The molecule has 0 N–H and O–H groups in total. The van der Waals surface area contributed by atoms with Gasteiger partial charge in [-0.15, -0.1) is 0 Å². The summed E-state index contributed by atoms with van der Waals surface area (Å²) in [4.78, 5) is 26.4. The number of carbonyl (C=O) groups is 1. The highest BCUT2D eigenvalue weighted by Crippen LogP contribution is 2.41. The molecule has 3 heterocycles. The highest BCUT2D eigenvalue weighted by atomic mass is 79.9. The number of nitrogens with zero attached hydrogens (tertiary/aromatic N) is 5. The van der Waals surface area contributed by atoms with Crippen molar-refractivity contribution in [1.82, 2.24) is 24.3 Å². The minimum Gasteiger partial charge on any atom is -0.444 e. The Balaban J connectivity index is 1.53. The molecular formula is C29H33BrClN5O2. The maximum atomic E-state index is 12.7. The SMILES string of the molecule is CCc1nccn1CC1=Cc2cc(Cl)ccc2C(N2CCN(C(=O)OC(C)(C)C)CC2)c2ncc(Br)cc21. The topological polar surface area (TPSA) is 63.5 Å². The number of allylic oxidation sites excluding steroid dienone is 1. The predicted octanol–water partition coefficient (Wildman–Crippen LogP) is 6.45. The Kier molecular flexibility index (Phi) is 7.67. The van der Waals surface area contributed by atoms with E-state index in [9.17, 15) is 4.79 Å². The molecule has 2 aromatic heterocycles. The van der Waals surface area contributed by atoms with Crippen LogP contribution in [0.4, 0.5) is 4.79 Å². The van der Waals surface area contributed by atoms with Crippen LogP contribution < -0.4 is 0 Å². The maximum Gasteiger partial charge on any atom is 0.410 e. The summed E-state index contributed by atoms with van der Waals surface area (Å²) in [7, 11) is 0. The summed E-state index contributed by atoms with van der Waals surface area (Å²) in [5.74, 6) is 1.04. The molecule has 1 saturated heterocycles. The Morgan fingerprint density at radius 1 is 1.16 bits per heavy atom. The predicted molar refractivity (Wildman–Crippen MR) is 154 cm³/mol. The van der Waals surface area contributed by atoms with Crippen molar-refractivity contribution in [3.05, 3.63) is 80.6 Å². The number of fused-ring (bicyclic) bond motifs is 2. The van der Waals surface area contributed by atoms with Gasteiger partial charge in [0, 0.05) is 72.8 Å². The molecule has 1 fully saturated rings. The number of aromatic nitrogens is 3. The number of benzene rings is 1. The van der Waals surface area contributed by atoms with Gasteiger partial charge in [0.05, 0.1) is 11.7 Å². The minimum atomic E-state index is -0.515. The van der Waals surface area contributed by atoms with E-state index in [1.165, 1.54) is 0 Å². The number of piperazine rings is 1. The number of halogens is 2. The molecule has 9 heteroatoms. The van der Waals surface area contributed by atoms with Crippen molar-refractivity contribution in [2.24, 2.45) is 0 Å². The average Bonchev–Trinajstić information content (AvgIpc) is 3.27. The molecule has 1 amide bonds. The number of hydrogen-bond acceptors (Lipinski definition) is 5. The second kappa shape index (κ2) is 10.8. The second-order valence-corrected chi connectivity index (χ2v) is 12.1. The van der Waals surface area contributed by atoms with Gasteiger partial charge in [0.2, 0.25) is 0 Å². The van der Waals surface area contributed by atoms with Crippen molar-refractivity contribution in [2.45, 2.75) is 52.3 Å². The number of aryl methyl sites for hydroxylation is 1. The first kappa shape index (κ1) is 26.9. The molecule has 38 heavy (non-hydrogen) atoms. The number of ether oxygens (including phenoxy) is 1. The minimum absolute atomic E-state index is 0.0756. The molecule has 5 rings (SSSR count). The van der Waals surface area contributed by atoms with Gasteiger partial charge in [-0.3, -0.25) is 9.88 Å². The molecule has 3 aromatic rings. The van der Waals surface area contributed by atoms with Gasteiger partial charge in [-0.2, -0.15) is 0 Å². The zero-order chi connectivity index (χ0) is 27.0. The third-order valence-corrected chi connectivity index (χ3v) is 7.62. The number of hydrogen-bond donors (Lipinski definition) is 0. The average molecular weight is 599 g/mol. The van der Waals surface area contributed by atoms with Gasteiger partial charge in [-0.25, -0.2) is 9.78 Å². The van der Waals surface area contributed by atoms with Crippen LogP contribution in [0.3, 0.4) is 0 Å². The summed E-state index contributed by atoms with van der Waals surface area (Å²) in [6.45, 7) is 11.1. The third kappa shape index (κ3) is 5.67. The molecule has 1 atom stereocenters. The van der Waals surface area contributed by atoms with Crippen LogP contribution in [-0.4, -0.2) is 62.2 Å². The summed E-state index contributed by atoms with van der Waals surface area (Å²) in [6.07, 6.45) is 8.59. The van der Waals surface area contributed by atoms with Gasteiger partial charge in [-0.05, 0) is 77.7 Å². The first-order chi connectivity index (χ1) is 18.1. The summed E-state index contributed by atoms with van der Waals surface area (Å²) in [5, 5.41) is 0.699. The Labute approximate surface area is 237 Å². The monoisotopic (exact) mass is 597 g/mol. The van der Waals surface area contributed by atoms with E-state index < -0.39 is 5.60 Å². The zero-order valence-electron chi connectivity index (χ0n) is 22.2. The highest BCUT2D eigenvalue weighted by molar-refractivity contribution is 9.10. The highest BCUT2D eigenvalue weighted by Gasteiger charge is 2.35. The van der Waals surface area contributed by atoms with E-state index in [0.717, 1.165) is 44.7 Å². The standard InChI is InChI=1S/C29H33BrClN5O2/c1-5-25-32-8-9-36(25)18-20-14-19-15-22(31)6-7-23(19)27(26-24(20)16-21(30)17-33-26)34-10-12-35(13-11-34)28(37)38-29(2,3)4/h6-9,14-17,27H,5,10-13,18H2,1-4H3. The lowest BCUT2D eigenvalue weighted by Crippen LogP contribution is -2.51. The number of imidazole rings is 1. The Morgan fingerprint density at radius 2 is 1.92 bits per heavy atom. The largest absolute Gasteiger partial charge is 0.444 e. The number of amides is 1. The Hall–Kier alpha value is -2.68.